The number of nitro benzene ring substituents is 1. The van der Waals surface area contributed by atoms with E-state index in [1.807, 2.05) is 0 Å². The van der Waals surface area contributed by atoms with E-state index in [9.17, 15) is 14.9 Å². The number of piperidine rings is 1. The molecule has 0 aliphatic carbocycles. The Bertz CT molecular complexity index is 611. The minimum Gasteiger partial charge on any atom is -0.337 e. The molecule has 0 bridgehead atoms. The second-order valence-electron chi connectivity index (χ2n) is 6.52. The van der Waals surface area contributed by atoms with Gasteiger partial charge < -0.3 is 4.90 Å². The van der Waals surface area contributed by atoms with Crippen LogP contribution in [-0.4, -0.2) is 52.9 Å². The first-order chi connectivity index (χ1) is 11.1. The molecule has 124 valence electrons. The van der Waals surface area contributed by atoms with Gasteiger partial charge in [-0.25, -0.2) is 0 Å². The van der Waals surface area contributed by atoms with Gasteiger partial charge in [0.15, 0.2) is 0 Å². The maximum Gasteiger partial charge on any atom is 0.285 e. The number of benzene rings is 1. The zero-order chi connectivity index (χ0) is 16.4. The summed E-state index contributed by atoms with van der Waals surface area (Å²) in [6.45, 7) is 5.27. The number of hydrogen-bond acceptors (Lipinski definition) is 4. The first-order valence-electron chi connectivity index (χ1n) is 8.35. The van der Waals surface area contributed by atoms with E-state index in [1.165, 1.54) is 12.8 Å². The minimum atomic E-state index is -0.440. The molecule has 0 unspecified atom stereocenters. The Kier molecular flexibility index (Phi) is 4.61. The van der Waals surface area contributed by atoms with Gasteiger partial charge in [0.2, 0.25) is 0 Å². The van der Waals surface area contributed by atoms with E-state index in [2.05, 4.69) is 4.90 Å². The lowest BCUT2D eigenvalue weighted by Crippen LogP contribution is -2.49. The van der Waals surface area contributed by atoms with Crippen LogP contribution in [0.5, 0.6) is 0 Å². The van der Waals surface area contributed by atoms with Gasteiger partial charge in [0, 0.05) is 24.7 Å². The molecule has 1 aromatic rings. The predicted octanol–water partition coefficient (Wildman–Crippen LogP) is 2.60. The Hall–Kier alpha value is -1.95. The van der Waals surface area contributed by atoms with Gasteiger partial charge in [-0.15, -0.1) is 0 Å². The molecule has 2 fully saturated rings. The Morgan fingerprint density at radius 3 is 2.65 bits per heavy atom. The first-order valence-corrected chi connectivity index (χ1v) is 8.35. The normalized spacial score (nSPS) is 22.3. The van der Waals surface area contributed by atoms with Gasteiger partial charge in [-0.2, -0.15) is 0 Å². The van der Waals surface area contributed by atoms with E-state index in [1.54, 1.807) is 30.0 Å². The number of nitrogens with zero attached hydrogens (tertiary/aromatic N) is 3. The van der Waals surface area contributed by atoms with Crippen LogP contribution in [0.15, 0.2) is 18.2 Å². The fourth-order valence-electron chi connectivity index (χ4n) is 3.79. The molecular formula is C17H23N3O3. The maximum absolute atomic E-state index is 12.8. The van der Waals surface area contributed by atoms with Crippen LogP contribution in [0.25, 0.3) is 0 Å². The lowest BCUT2D eigenvalue weighted by atomic mass is 10.0. The maximum atomic E-state index is 12.8. The van der Waals surface area contributed by atoms with Crippen molar-refractivity contribution in [2.24, 2.45) is 0 Å². The SMILES string of the molecule is Cc1cccc(C(=O)N2CCC[C@H](N3CCCC3)C2)c1[N+](=O)[O-]. The summed E-state index contributed by atoms with van der Waals surface area (Å²) >= 11 is 0. The highest BCUT2D eigenvalue weighted by Gasteiger charge is 2.32. The van der Waals surface area contributed by atoms with Crippen LogP contribution in [0.3, 0.4) is 0 Å². The quantitative estimate of drug-likeness (QED) is 0.635. The minimum absolute atomic E-state index is 0.0548. The Morgan fingerprint density at radius 1 is 1.22 bits per heavy atom. The highest BCUT2D eigenvalue weighted by Crippen LogP contribution is 2.27. The Morgan fingerprint density at radius 2 is 1.96 bits per heavy atom. The van der Waals surface area contributed by atoms with Gasteiger partial charge in [-0.3, -0.25) is 19.8 Å². The fraction of sp³-hybridized carbons (Fsp3) is 0.588. The molecule has 1 amide bonds. The van der Waals surface area contributed by atoms with Gasteiger partial charge in [0.25, 0.3) is 11.6 Å². The van der Waals surface area contributed by atoms with Gasteiger partial charge in [-0.05, 0) is 51.8 Å². The molecule has 0 spiro atoms. The summed E-state index contributed by atoms with van der Waals surface area (Å²) in [5.41, 5.74) is 0.701. The van der Waals surface area contributed by atoms with Crippen molar-refractivity contribution in [3.63, 3.8) is 0 Å². The van der Waals surface area contributed by atoms with E-state index in [0.717, 1.165) is 25.9 Å². The highest BCUT2D eigenvalue weighted by atomic mass is 16.6. The summed E-state index contributed by atoms with van der Waals surface area (Å²) in [5.74, 6) is -0.204. The van der Waals surface area contributed by atoms with Crippen molar-refractivity contribution in [1.82, 2.24) is 9.80 Å². The van der Waals surface area contributed by atoms with E-state index in [0.29, 0.717) is 24.7 Å². The van der Waals surface area contributed by atoms with Crippen LogP contribution in [-0.2, 0) is 0 Å². The standard InChI is InChI=1S/C17H23N3O3/c1-13-6-4-8-15(16(13)20(22)23)17(21)19-11-5-7-14(12-19)18-9-2-3-10-18/h4,6,8,14H,2-3,5,7,9-12H2,1H3/t14-/m0/s1. The molecule has 0 N–H and O–H groups in total. The second-order valence-corrected chi connectivity index (χ2v) is 6.52. The van der Waals surface area contributed by atoms with Crippen molar-refractivity contribution in [2.45, 2.75) is 38.6 Å². The van der Waals surface area contributed by atoms with Gasteiger partial charge in [0.1, 0.15) is 5.56 Å². The monoisotopic (exact) mass is 317 g/mol. The van der Waals surface area contributed by atoms with Gasteiger partial charge in [-0.1, -0.05) is 12.1 Å². The number of nitro groups is 1. The summed E-state index contributed by atoms with van der Waals surface area (Å²) in [5, 5.41) is 11.3. The van der Waals surface area contributed by atoms with Crippen LogP contribution in [0.4, 0.5) is 5.69 Å². The molecule has 2 aliphatic heterocycles. The number of amides is 1. The largest absolute Gasteiger partial charge is 0.337 e. The van der Waals surface area contributed by atoms with Crippen molar-refractivity contribution < 1.29 is 9.72 Å². The van der Waals surface area contributed by atoms with Crippen LogP contribution >= 0.6 is 0 Å². The second kappa shape index (κ2) is 6.66. The molecule has 6 heteroatoms. The number of hydrogen-bond donors (Lipinski definition) is 0. The van der Waals surface area contributed by atoms with Crippen LogP contribution in [0.1, 0.15) is 41.6 Å². The fourth-order valence-corrected chi connectivity index (χ4v) is 3.79. The summed E-state index contributed by atoms with van der Waals surface area (Å²) in [7, 11) is 0. The molecular weight excluding hydrogens is 294 g/mol. The van der Waals surface area contributed by atoms with Crippen LogP contribution in [0.2, 0.25) is 0 Å². The number of rotatable bonds is 3. The summed E-state index contributed by atoms with van der Waals surface area (Å²) in [6.07, 6.45) is 4.54. The predicted molar refractivity (Wildman–Crippen MR) is 87.6 cm³/mol. The lowest BCUT2D eigenvalue weighted by Gasteiger charge is -2.37. The van der Waals surface area contributed by atoms with Crippen LogP contribution < -0.4 is 0 Å². The number of carbonyl (C=O) groups excluding carboxylic acids is 1. The van der Waals surface area contributed by atoms with E-state index < -0.39 is 4.92 Å². The Balaban J connectivity index is 1.80. The summed E-state index contributed by atoms with van der Waals surface area (Å²) in [4.78, 5) is 28.0. The van der Waals surface area contributed by atoms with Crippen molar-refractivity contribution in [1.29, 1.82) is 0 Å². The summed E-state index contributed by atoms with van der Waals surface area (Å²) < 4.78 is 0. The molecule has 0 radical (unpaired) electrons. The molecule has 0 aromatic heterocycles. The number of likely N-dealkylation sites (tertiary alicyclic amines) is 2. The molecule has 3 rings (SSSR count). The molecule has 2 aliphatic rings. The molecule has 1 aromatic carbocycles. The van der Waals surface area contributed by atoms with Crippen molar-refractivity contribution in [3.05, 3.63) is 39.4 Å². The van der Waals surface area contributed by atoms with E-state index in [4.69, 9.17) is 0 Å². The summed E-state index contributed by atoms with van der Waals surface area (Å²) in [6, 6.07) is 5.38. The van der Waals surface area contributed by atoms with Crippen molar-refractivity contribution in [2.75, 3.05) is 26.2 Å². The smallest absolute Gasteiger partial charge is 0.285 e. The van der Waals surface area contributed by atoms with E-state index in [-0.39, 0.29) is 17.2 Å². The first kappa shape index (κ1) is 15.9. The van der Waals surface area contributed by atoms with Crippen molar-refractivity contribution >= 4 is 11.6 Å². The number of carbonyl (C=O) groups is 1. The molecule has 0 saturated carbocycles. The molecule has 6 nitrogen and oxygen atoms in total. The average molecular weight is 317 g/mol. The lowest BCUT2D eigenvalue weighted by molar-refractivity contribution is -0.385. The zero-order valence-corrected chi connectivity index (χ0v) is 13.5. The van der Waals surface area contributed by atoms with Gasteiger partial charge >= 0.3 is 0 Å². The topological polar surface area (TPSA) is 66.7 Å². The van der Waals surface area contributed by atoms with Gasteiger partial charge in [0.05, 0.1) is 4.92 Å². The zero-order valence-electron chi connectivity index (χ0n) is 13.5. The third-order valence-corrected chi connectivity index (χ3v) is 4.99. The number of para-hydroxylation sites is 1. The third-order valence-electron chi connectivity index (χ3n) is 4.99. The third kappa shape index (κ3) is 3.22. The highest BCUT2D eigenvalue weighted by molar-refractivity contribution is 5.98. The molecule has 1 atom stereocenters. The molecule has 23 heavy (non-hydrogen) atoms. The van der Waals surface area contributed by atoms with E-state index >= 15 is 0 Å². The molecule has 2 heterocycles. The average Bonchev–Trinajstić information content (AvgIpc) is 3.08. The van der Waals surface area contributed by atoms with Crippen LogP contribution in [0, 0.1) is 17.0 Å². The molecule has 2 saturated heterocycles. The number of aryl methyl sites for hydroxylation is 1. The Labute approximate surface area is 136 Å². The van der Waals surface area contributed by atoms with Crippen molar-refractivity contribution in [3.8, 4) is 0 Å².